The quantitative estimate of drug-likeness (QED) is 0.835. The summed E-state index contributed by atoms with van der Waals surface area (Å²) in [6, 6.07) is 0.447. The lowest BCUT2D eigenvalue weighted by molar-refractivity contribution is -0.131. The Morgan fingerprint density at radius 3 is 2.71 bits per heavy atom. The van der Waals surface area contributed by atoms with Gasteiger partial charge in [0, 0.05) is 43.9 Å². The Bertz CT molecular complexity index is 490. The molecule has 1 aliphatic rings. The van der Waals surface area contributed by atoms with E-state index in [1.165, 1.54) is 11.5 Å². The van der Waals surface area contributed by atoms with Gasteiger partial charge in [-0.05, 0) is 39.0 Å². The standard InChI is InChI=1S/C17H29N3O/c1-12(2)8-17(21)19-7-6-15(11-19)9-16-18-10-14(5)20(16)13(3)4/h10,12-13,15H,6-9,11H2,1-5H3. The Labute approximate surface area is 128 Å². The number of imidazole rings is 1. The molecule has 1 atom stereocenters. The zero-order valence-corrected chi connectivity index (χ0v) is 14.1. The van der Waals surface area contributed by atoms with Crippen molar-refractivity contribution < 1.29 is 4.79 Å². The molecule has 0 saturated carbocycles. The minimum atomic E-state index is 0.316. The van der Waals surface area contributed by atoms with E-state index in [1.807, 2.05) is 11.1 Å². The summed E-state index contributed by atoms with van der Waals surface area (Å²) in [5, 5.41) is 0. The molecule has 2 rings (SSSR count). The van der Waals surface area contributed by atoms with Gasteiger partial charge in [0.2, 0.25) is 5.91 Å². The van der Waals surface area contributed by atoms with E-state index in [-0.39, 0.29) is 0 Å². The van der Waals surface area contributed by atoms with E-state index < -0.39 is 0 Å². The average Bonchev–Trinajstić information content (AvgIpc) is 2.96. The van der Waals surface area contributed by atoms with Crippen LogP contribution >= 0.6 is 0 Å². The fourth-order valence-electron chi connectivity index (χ4n) is 3.31. The van der Waals surface area contributed by atoms with Crippen LogP contribution in [0.4, 0.5) is 0 Å². The molecule has 0 bridgehead atoms. The second-order valence-electron chi connectivity index (χ2n) is 7.08. The summed E-state index contributed by atoms with van der Waals surface area (Å²) in [5.74, 6) is 2.49. The molecule has 0 aliphatic carbocycles. The molecule has 0 N–H and O–H groups in total. The van der Waals surface area contributed by atoms with E-state index >= 15 is 0 Å². The van der Waals surface area contributed by atoms with Gasteiger partial charge in [0.05, 0.1) is 0 Å². The van der Waals surface area contributed by atoms with Gasteiger partial charge in [-0.1, -0.05) is 13.8 Å². The van der Waals surface area contributed by atoms with Crippen LogP contribution in [-0.4, -0.2) is 33.4 Å². The average molecular weight is 291 g/mol. The number of hydrogen-bond acceptors (Lipinski definition) is 2. The van der Waals surface area contributed by atoms with Crippen LogP contribution in [0.5, 0.6) is 0 Å². The van der Waals surface area contributed by atoms with E-state index in [0.717, 1.165) is 25.9 Å². The highest BCUT2D eigenvalue weighted by atomic mass is 16.2. The number of carbonyl (C=O) groups excluding carboxylic acids is 1. The normalized spacial score (nSPS) is 19.0. The van der Waals surface area contributed by atoms with Gasteiger partial charge in [-0.2, -0.15) is 0 Å². The molecule has 1 unspecified atom stereocenters. The first-order chi connectivity index (χ1) is 9.88. The van der Waals surface area contributed by atoms with Crippen molar-refractivity contribution in [1.82, 2.24) is 14.5 Å². The monoisotopic (exact) mass is 291 g/mol. The highest BCUT2D eigenvalue weighted by Crippen LogP contribution is 2.23. The molecular formula is C17H29N3O. The Kier molecular flexibility index (Phi) is 5.07. The molecule has 21 heavy (non-hydrogen) atoms. The maximum atomic E-state index is 12.1. The van der Waals surface area contributed by atoms with Gasteiger partial charge in [0.25, 0.3) is 0 Å². The molecule has 1 aromatic rings. The third-order valence-electron chi connectivity index (χ3n) is 4.27. The van der Waals surface area contributed by atoms with Crippen molar-refractivity contribution >= 4 is 5.91 Å². The Balaban J connectivity index is 1.96. The number of carbonyl (C=O) groups is 1. The summed E-state index contributed by atoms with van der Waals surface area (Å²) in [4.78, 5) is 18.8. The molecule has 1 aliphatic heterocycles. The number of likely N-dealkylation sites (tertiary alicyclic amines) is 1. The van der Waals surface area contributed by atoms with Crippen LogP contribution < -0.4 is 0 Å². The first-order valence-corrected chi connectivity index (χ1v) is 8.19. The molecular weight excluding hydrogens is 262 g/mol. The highest BCUT2D eigenvalue weighted by Gasteiger charge is 2.27. The maximum Gasteiger partial charge on any atom is 0.222 e. The summed E-state index contributed by atoms with van der Waals surface area (Å²) < 4.78 is 2.32. The fourth-order valence-corrected chi connectivity index (χ4v) is 3.31. The van der Waals surface area contributed by atoms with Crippen molar-refractivity contribution in [3.05, 3.63) is 17.7 Å². The van der Waals surface area contributed by atoms with E-state index in [2.05, 4.69) is 44.2 Å². The lowest BCUT2D eigenvalue weighted by atomic mass is 10.0. The summed E-state index contributed by atoms with van der Waals surface area (Å²) in [7, 11) is 0. The van der Waals surface area contributed by atoms with Gasteiger partial charge in [-0.15, -0.1) is 0 Å². The van der Waals surface area contributed by atoms with Gasteiger partial charge < -0.3 is 9.47 Å². The topological polar surface area (TPSA) is 38.1 Å². The van der Waals surface area contributed by atoms with Crippen molar-refractivity contribution in [2.24, 2.45) is 11.8 Å². The van der Waals surface area contributed by atoms with E-state index in [4.69, 9.17) is 0 Å². The smallest absolute Gasteiger partial charge is 0.222 e. The zero-order valence-electron chi connectivity index (χ0n) is 14.1. The van der Waals surface area contributed by atoms with Crippen LogP contribution in [0.15, 0.2) is 6.20 Å². The zero-order chi connectivity index (χ0) is 15.6. The lowest BCUT2D eigenvalue weighted by Gasteiger charge is -2.19. The van der Waals surface area contributed by atoms with Crippen LogP contribution in [0.25, 0.3) is 0 Å². The molecule has 4 heteroatoms. The largest absolute Gasteiger partial charge is 0.342 e. The molecule has 1 fully saturated rings. The maximum absolute atomic E-state index is 12.1. The van der Waals surface area contributed by atoms with Crippen molar-refractivity contribution in [2.45, 2.75) is 59.9 Å². The molecule has 0 aromatic carbocycles. The summed E-state index contributed by atoms with van der Waals surface area (Å²) in [5.41, 5.74) is 1.23. The Morgan fingerprint density at radius 1 is 1.38 bits per heavy atom. The van der Waals surface area contributed by atoms with E-state index in [0.29, 0.717) is 30.2 Å². The molecule has 4 nitrogen and oxygen atoms in total. The first-order valence-electron chi connectivity index (χ1n) is 8.19. The molecule has 0 spiro atoms. The minimum Gasteiger partial charge on any atom is -0.342 e. The minimum absolute atomic E-state index is 0.316. The molecule has 118 valence electrons. The summed E-state index contributed by atoms with van der Waals surface area (Å²) in [6.45, 7) is 12.5. The lowest BCUT2D eigenvalue weighted by Crippen LogP contribution is -2.29. The van der Waals surface area contributed by atoms with E-state index in [9.17, 15) is 4.79 Å². The molecule has 1 aromatic heterocycles. The molecule has 2 heterocycles. The first kappa shape index (κ1) is 16.1. The predicted octanol–water partition coefficient (Wildman–Crippen LogP) is 3.21. The van der Waals surface area contributed by atoms with Gasteiger partial charge in [0.1, 0.15) is 5.82 Å². The van der Waals surface area contributed by atoms with Gasteiger partial charge in [-0.3, -0.25) is 4.79 Å². The molecule has 1 amide bonds. The molecule has 1 saturated heterocycles. The van der Waals surface area contributed by atoms with Crippen LogP contribution in [0.1, 0.15) is 58.1 Å². The number of amides is 1. The number of rotatable bonds is 5. The van der Waals surface area contributed by atoms with Crippen molar-refractivity contribution in [1.29, 1.82) is 0 Å². The second-order valence-corrected chi connectivity index (χ2v) is 7.08. The van der Waals surface area contributed by atoms with Crippen molar-refractivity contribution in [2.75, 3.05) is 13.1 Å². The van der Waals surface area contributed by atoms with Crippen LogP contribution in [-0.2, 0) is 11.2 Å². The molecule has 0 radical (unpaired) electrons. The van der Waals surface area contributed by atoms with E-state index in [1.54, 1.807) is 0 Å². The van der Waals surface area contributed by atoms with Crippen LogP contribution in [0.2, 0.25) is 0 Å². The Hall–Kier alpha value is -1.32. The van der Waals surface area contributed by atoms with Crippen molar-refractivity contribution in [3.8, 4) is 0 Å². The van der Waals surface area contributed by atoms with Gasteiger partial charge in [0.15, 0.2) is 0 Å². The van der Waals surface area contributed by atoms with Gasteiger partial charge >= 0.3 is 0 Å². The predicted molar refractivity (Wildman–Crippen MR) is 85.2 cm³/mol. The summed E-state index contributed by atoms with van der Waals surface area (Å²) in [6.07, 6.45) is 4.73. The highest BCUT2D eigenvalue weighted by molar-refractivity contribution is 5.76. The second kappa shape index (κ2) is 6.63. The fraction of sp³-hybridized carbons (Fsp3) is 0.765. The van der Waals surface area contributed by atoms with Crippen LogP contribution in [0, 0.1) is 18.8 Å². The Morgan fingerprint density at radius 2 is 2.10 bits per heavy atom. The SMILES string of the molecule is Cc1cnc(CC2CCN(C(=O)CC(C)C)C2)n1C(C)C. The number of nitrogens with zero attached hydrogens (tertiary/aromatic N) is 3. The number of aromatic nitrogens is 2. The number of hydrogen-bond donors (Lipinski definition) is 0. The number of aryl methyl sites for hydroxylation is 1. The third-order valence-corrected chi connectivity index (χ3v) is 4.27. The van der Waals surface area contributed by atoms with Crippen LogP contribution in [0.3, 0.4) is 0 Å². The third kappa shape index (κ3) is 3.86. The summed E-state index contributed by atoms with van der Waals surface area (Å²) >= 11 is 0. The van der Waals surface area contributed by atoms with Gasteiger partial charge in [-0.25, -0.2) is 4.98 Å². The van der Waals surface area contributed by atoms with Crippen molar-refractivity contribution in [3.63, 3.8) is 0 Å².